The Morgan fingerprint density at radius 2 is 1.23 bits per heavy atom. The van der Waals surface area contributed by atoms with Crippen molar-refractivity contribution in [2.45, 2.75) is 22.3 Å². The average Bonchev–Trinajstić information content (AvgIpc) is 1.81. The summed E-state index contributed by atoms with van der Waals surface area (Å²) in [4.78, 5) is -3.49. The van der Waals surface area contributed by atoms with Crippen molar-refractivity contribution >= 4 is 27.5 Å². The van der Waals surface area contributed by atoms with E-state index in [1.54, 1.807) is 0 Å². The zero-order valence-electron chi connectivity index (χ0n) is 5.48. The molecule has 13 heavy (non-hydrogen) atoms. The highest BCUT2D eigenvalue weighted by atomic mass is 79.9. The highest BCUT2D eigenvalue weighted by Crippen LogP contribution is 2.48. The van der Waals surface area contributed by atoms with Crippen LogP contribution in [0.4, 0.5) is 30.7 Å². The SMILES string of the molecule is FC(F)(F)C(Br)C(F)(Cl)C(F)(F)F. The molecule has 0 heterocycles. The van der Waals surface area contributed by atoms with Gasteiger partial charge in [-0.1, -0.05) is 27.5 Å². The first-order valence-electron chi connectivity index (χ1n) is 2.56. The Labute approximate surface area is 81.2 Å². The molecule has 0 rings (SSSR count). The van der Waals surface area contributed by atoms with E-state index in [9.17, 15) is 30.7 Å². The maximum atomic E-state index is 12.4. The van der Waals surface area contributed by atoms with Crippen LogP contribution < -0.4 is 0 Å². The van der Waals surface area contributed by atoms with Crippen molar-refractivity contribution < 1.29 is 30.7 Å². The second kappa shape index (κ2) is 3.45. The predicted molar refractivity (Wildman–Crippen MR) is 34.5 cm³/mol. The minimum absolute atomic E-state index is 1.50. The van der Waals surface area contributed by atoms with Gasteiger partial charge in [0.05, 0.1) is 0 Å². The summed E-state index contributed by atoms with van der Waals surface area (Å²) in [6.07, 6.45) is -11.2. The third-order valence-corrected chi connectivity index (χ3v) is 2.83. The molecule has 0 fully saturated rings. The van der Waals surface area contributed by atoms with E-state index >= 15 is 0 Å². The molecule has 9 heteroatoms. The van der Waals surface area contributed by atoms with Crippen LogP contribution in [0.25, 0.3) is 0 Å². The lowest BCUT2D eigenvalue weighted by Crippen LogP contribution is -2.49. The molecule has 80 valence electrons. The Kier molecular flexibility index (Phi) is 3.52. The van der Waals surface area contributed by atoms with Crippen LogP contribution in [0.1, 0.15) is 0 Å². The lowest BCUT2D eigenvalue weighted by Gasteiger charge is -2.27. The van der Waals surface area contributed by atoms with Crippen LogP contribution in [-0.4, -0.2) is 22.3 Å². The lowest BCUT2D eigenvalue weighted by molar-refractivity contribution is -0.232. The third-order valence-electron chi connectivity index (χ3n) is 0.984. The molecule has 0 aliphatic carbocycles. The number of halogens is 9. The van der Waals surface area contributed by atoms with E-state index < -0.39 is 22.3 Å². The number of alkyl halides is 9. The van der Waals surface area contributed by atoms with Gasteiger partial charge in [-0.25, -0.2) is 4.39 Å². The van der Waals surface area contributed by atoms with Gasteiger partial charge in [0.1, 0.15) is 0 Å². The molecule has 0 spiro atoms. The Morgan fingerprint density at radius 1 is 0.923 bits per heavy atom. The molecule has 0 saturated carbocycles. The molecule has 0 amide bonds. The number of rotatable bonds is 1. The van der Waals surface area contributed by atoms with Gasteiger partial charge in [0.2, 0.25) is 0 Å². The Morgan fingerprint density at radius 3 is 1.31 bits per heavy atom. The van der Waals surface area contributed by atoms with Gasteiger partial charge in [-0.05, 0) is 0 Å². The Hall–Kier alpha value is 0.280. The van der Waals surface area contributed by atoms with E-state index in [1.165, 1.54) is 15.9 Å². The van der Waals surface area contributed by atoms with Crippen LogP contribution in [0.15, 0.2) is 0 Å². The highest BCUT2D eigenvalue weighted by Gasteiger charge is 2.66. The fourth-order valence-electron chi connectivity index (χ4n) is 0.349. The molecule has 2 unspecified atom stereocenters. The largest absolute Gasteiger partial charge is 0.438 e. The topological polar surface area (TPSA) is 0 Å². The van der Waals surface area contributed by atoms with Gasteiger partial charge < -0.3 is 0 Å². The molecule has 0 aliphatic heterocycles. The van der Waals surface area contributed by atoms with Crippen LogP contribution in [0.2, 0.25) is 0 Å². The first-order chi connectivity index (χ1) is 5.40. The molecular weight excluding hydrogens is 296 g/mol. The molecule has 0 bridgehead atoms. The summed E-state index contributed by atoms with van der Waals surface area (Å²) < 4.78 is 81.9. The van der Waals surface area contributed by atoms with Crippen molar-refractivity contribution in [1.29, 1.82) is 0 Å². The summed E-state index contributed by atoms with van der Waals surface area (Å²) in [5.41, 5.74) is 0. The molecule has 0 nitrogen and oxygen atoms in total. The van der Waals surface area contributed by atoms with Gasteiger partial charge >= 0.3 is 12.4 Å². The summed E-state index contributed by atoms with van der Waals surface area (Å²) in [7, 11) is 0. The number of hydrogen-bond acceptors (Lipinski definition) is 0. The molecule has 0 aromatic rings. The van der Waals surface area contributed by atoms with Crippen LogP contribution in [0.3, 0.4) is 0 Å². The fraction of sp³-hybridized carbons (Fsp3) is 1.00. The second-order valence-electron chi connectivity index (χ2n) is 2.02. The summed E-state index contributed by atoms with van der Waals surface area (Å²) in [6, 6.07) is 0. The molecule has 2 atom stereocenters. The van der Waals surface area contributed by atoms with E-state index in [0.29, 0.717) is 0 Å². The quantitative estimate of drug-likeness (QED) is 0.510. The average molecular weight is 297 g/mol. The zero-order chi connectivity index (χ0) is 11.1. The van der Waals surface area contributed by atoms with Gasteiger partial charge in [0, 0.05) is 0 Å². The molecular formula is C4HBrClF7. The molecule has 0 N–H and O–H groups in total. The monoisotopic (exact) mass is 296 g/mol. The minimum Gasteiger partial charge on any atom is -0.214 e. The van der Waals surface area contributed by atoms with Crippen molar-refractivity contribution in [3.63, 3.8) is 0 Å². The van der Waals surface area contributed by atoms with Gasteiger partial charge in [0.25, 0.3) is 5.13 Å². The first kappa shape index (κ1) is 13.3. The van der Waals surface area contributed by atoms with Crippen molar-refractivity contribution in [3.8, 4) is 0 Å². The maximum Gasteiger partial charge on any atom is 0.438 e. The smallest absolute Gasteiger partial charge is 0.214 e. The van der Waals surface area contributed by atoms with Crippen LogP contribution in [-0.2, 0) is 0 Å². The summed E-state index contributed by atoms with van der Waals surface area (Å²) in [6.45, 7) is 0. The highest BCUT2D eigenvalue weighted by molar-refractivity contribution is 9.09. The Balaban J connectivity index is 4.86. The Bertz CT molecular complexity index is 182. The van der Waals surface area contributed by atoms with E-state index in [0.717, 1.165) is 0 Å². The standard InChI is InChI=1S/C4HBrClF7/c5-1(3(8,9)10)2(6,7)4(11,12)13/h1H. The van der Waals surface area contributed by atoms with Crippen molar-refractivity contribution in [2.75, 3.05) is 0 Å². The predicted octanol–water partition coefficient (Wildman–Crippen LogP) is 3.78. The molecule has 0 aromatic carbocycles. The van der Waals surface area contributed by atoms with Gasteiger partial charge in [-0.2, -0.15) is 26.3 Å². The van der Waals surface area contributed by atoms with Crippen LogP contribution >= 0.6 is 27.5 Å². The summed E-state index contributed by atoms with van der Waals surface area (Å²) >= 11 is 5.59. The third kappa shape index (κ3) is 2.87. The maximum absolute atomic E-state index is 12.4. The van der Waals surface area contributed by atoms with Crippen LogP contribution in [0.5, 0.6) is 0 Å². The minimum atomic E-state index is -5.79. The molecule has 0 saturated heterocycles. The number of hydrogen-bond donors (Lipinski definition) is 0. The van der Waals surface area contributed by atoms with E-state index in [-0.39, 0.29) is 0 Å². The van der Waals surface area contributed by atoms with Gasteiger partial charge in [0.15, 0.2) is 4.83 Å². The van der Waals surface area contributed by atoms with Crippen molar-refractivity contribution in [1.82, 2.24) is 0 Å². The van der Waals surface area contributed by atoms with Crippen LogP contribution in [0, 0.1) is 0 Å². The van der Waals surface area contributed by atoms with Gasteiger partial charge in [-0.3, -0.25) is 0 Å². The van der Waals surface area contributed by atoms with Crippen molar-refractivity contribution in [2.24, 2.45) is 0 Å². The van der Waals surface area contributed by atoms with E-state index in [1.807, 2.05) is 0 Å². The first-order valence-corrected chi connectivity index (χ1v) is 3.85. The second-order valence-corrected chi connectivity index (χ2v) is 3.49. The summed E-state index contributed by atoms with van der Waals surface area (Å²) in [5.74, 6) is 0. The van der Waals surface area contributed by atoms with E-state index in [4.69, 9.17) is 0 Å². The zero-order valence-corrected chi connectivity index (χ0v) is 7.82. The lowest BCUT2D eigenvalue weighted by atomic mass is 10.2. The molecule has 0 aliphatic rings. The van der Waals surface area contributed by atoms with Crippen molar-refractivity contribution in [3.05, 3.63) is 0 Å². The fourth-order valence-corrected chi connectivity index (χ4v) is 0.733. The summed E-state index contributed by atoms with van der Waals surface area (Å²) in [5, 5.41) is -4.86. The molecule has 0 radical (unpaired) electrons. The van der Waals surface area contributed by atoms with Gasteiger partial charge in [-0.15, -0.1) is 0 Å². The normalized spacial score (nSPS) is 21.0. The van der Waals surface area contributed by atoms with E-state index in [2.05, 4.69) is 11.6 Å². The molecule has 0 aromatic heterocycles.